The molecule has 0 aromatic carbocycles. The zero-order valence-electron chi connectivity index (χ0n) is 19.3. The molecule has 0 spiro atoms. The van der Waals surface area contributed by atoms with Gasteiger partial charge in [0.1, 0.15) is 18.2 Å². The molecule has 4 atom stereocenters. The molecule has 0 aromatic rings. The normalized spacial score (nSPS) is 22.7. The summed E-state index contributed by atoms with van der Waals surface area (Å²) in [6.07, 6.45) is 6.14. The molecular weight excluding hydrogens is 396 g/mol. The van der Waals surface area contributed by atoms with E-state index in [9.17, 15) is 19.6 Å². The Morgan fingerprint density at radius 1 is 1.16 bits per heavy atom. The van der Waals surface area contributed by atoms with E-state index in [1.54, 1.807) is 6.92 Å². The topological polar surface area (TPSA) is 120 Å². The predicted molar refractivity (Wildman–Crippen MR) is 117 cm³/mol. The molecular formula is C23H38N4O4. The number of carbonyl (C=O) groups is 3. The molecule has 1 heterocycles. The van der Waals surface area contributed by atoms with E-state index in [1.807, 2.05) is 20.8 Å². The van der Waals surface area contributed by atoms with Crippen molar-refractivity contribution in [3.8, 4) is 6.07 Å². The van der Waals surface area contributed by atoms with Crippen LogP contribution >= 0.6 is 0 Å². The van der Waals surface area contributed by atoms with Crippen LogP contribution in [0.2, 0.25) is 0 Å². The molecule has 3 N–H and O–H groups in total. The third-order valence-corrected chi connectivity index (χ3v) is 5.92. The van der Waals surface area contributed by atoms with Crippen molar-refractivity contribution in [3.05, 3.63) is 0 Å². The molecule has 2 rings (SSSR count). The van der Waals surface area contributed by atoms with Gasteiger partial charge in [-0.3, -0.25) is 14.4 Å². The maximum atomic E-state index is 13.0. The minimum atomic E-state index is -0.781. The van der Waals surface area contributed by atoms with Crippen molar-refractivity contribution < 1.29 is 19.1 Å². The molecule has 8 heteroatoms. The molecule has 0 bridgehead atoms. The van der Waals surface area contributed by atoms with Crippen LogP contribution in [0, 0.1) is 22.7 Å². The lowest BCUT2D eigenvalue weighted by atomic mass is 9.87. The highest BCUT2D eigenvalue weighted by molar-refractivity contribution is 5.89. The van der Waals surface area contributed by atoms with Crippen LogP contribution in [0.15, 0.2) is 0 Å². The zero-order valence-corrected chi connectivity index (χ0v) is 19.3. The first kappa shape index (κ1) is 25.1. The Morgan fingerprint density at radius 2 is 1.84 bits per heavy atom. The Kier molecular flexibility index (Phi) is 9.30. The van der Waals surface area contributed by atoms with Crippen molar-refractivity contribution in [1.29, 1.82) is 5.26 Å². The highest BCUT2D eigenvalue weighted by atomic mass is 16.5. The summed E-state index contributed by atoms with van der Waals surface area (Å²) in [7, 11) is 0. The number of ether oxygens (including phenoxy) is 1. The fraction of sp³-hybridized carbons (Fsp3) is 0.826. The molecule has 31 heavy (non-hydrogen) atoms. The van der Waals surface area contributed by atoms with E-state index in [2.05, 4.69) is 22.0 Å². The highest BCUT2D eigenvalue weighted by Gasteiger charge is 2.32. The number of hydrogen-bond donors (Lipinski definition) is 3. The Labute approximate surface area is 185 Å². The van der Waals surface area contributed by atoms with Crippen LogP contribution < -0.4 is 16.0 Å². The van der Waals surface area contributed by atoms with Crippen molar-refractivity contribution in [2.75, 3.05) is 6.54 Å². The summed E-state index contributed by atoms with van der Waals surface area (Å²) in [5.41, 5.74) is -0.212. The molecule has 3 amide bonds. The van der Waals surface area contributed by atoms with E-state index in [1.165, 1.54) is 6.42 Å². The first-order valence-corrected chi connectivity index (χ1v) is 11.5. The van der Waals surface area contributed by atoms with Gasteiger partial charge in [-0.1, -0.05) is 40.0 Å². The Morgan fingerprint density at radius 3 is 2.39 bits per heavy atom. The number of nitriles is 1. The van der Waals surface area contributed by atoms with E-state index in [0.29, 0.717) is 19.4 Å². The Hall–Kier alpha value is -2.14. The van der Waals surface area contributed by atoms with E-state index in [-0.39, 0.29) is 35.7 Å². The molecule has 0 radical (unpaired) electrons. The zero-order chi connectivity index (χ0) is 23.0. The minimum absolute atomic E-state index is 0.0808. The smallest absolute Gasteiger partial charge is 0.249 e. The maximum Gasteiger partial charge on any atom is 0.249 e. The van der Waals surface area contributed by atoms with Crippen molar-refractivity contribution in [2.24, 2.45) is 11.3 Å². The molecule has 0 aromatic heterocycles. The van der Waals surface area contributed by atoms with Gasteiger partial charge >= 0.3 is 0 Å². The number of amides is 3. The molecule has 1 aliphatic heterocycles. The SMILES string of the molecule is CC(OC1CCCCC1)C(=O)N[C@@H](CC(C)(C)C)C(=O)N[C@@H](C#N)C[C@@H]1CCNC1=O. The van der Waals surface area contributed by atoms with Gasteiger partial charge in [-0.25, -0.2) is 0 Å². The summed E-state index contributed by atoms with van der Waals surface area (Å²) in [6, 6.07) is 0.519. The van der Waals surface area contributed by atoms with Crippen molar-refractivity contribution in [3.63, 3.8) is 0 Å². The summed E-state index contributed by atoms with van der Waals surface area (Å²) in [4.78, 5) is 37.5. The van der Waals surface area contributed by atoms with Crippen LogP contribution in [0.4, 0.5) is 0 Å². The van der Waals surface area contributed by atoms with Gasteiger partial charge in [0.25, 0.3) is 0 Å². The van der Waals surface area contributed by atoms with Gasteiger partial charge < -0.3 is 20.7 Å². The molecule has 2 fully saturated rings. The molecule has 8 nitrogen and oxygen atoms in total. The number of rotatable bonds is 9. The van der Waals surface area contributed by atoms with Crippen LogP contribution in [0.3, 0.4) is 0 Å². The van der Waals surface area contributed by atoms with Crippen LogP contribution in [0.25, 0.3) is 0 Å². The van der Waals surface area contributed by atoms with E-state index >= 15 is 0 Å². The van der Waals surface area contributed by atoms with Gasteiger partial charge in [0.05, 0.1) is 12.2 Å². The third kappa shape index (κ3) is 8.48. The maximum absolute atomic E-state index is 13.0. The third-order valence-electron chi connectivity index (χ3n) is 5.92. The molecule has 1 aliphatic carbocycles. The second-order valence-electron chi connectivity index (χ2n) is 10.1. The van der Waals surface area contributed by atoms with Gasteiger partial charge in [0, 0.05) is 12.5 Å². The standard InChI is InChI=1S/C23H38N4O4/c1-15(31-18-8-6-5-7-9-18)20(28)27-19(13-23(2,3)4)22(30)26-17(14-24)12-16-10-11-25-21(16)29/h15-19H,5-13H2,1-4H3,(H,25,29)(H,26,30)(H,27,28)/t15?,16-,17+,19-/m0/s1. The molecule has 2 aliphatic rings. The van der Waals surface area contributed by atoms with Gasteiger partial charge in [0.15, 0.2) is 0 Å². The number of nitrogens with one attached hydrogen (secondary N) is 3. The number of nitrogens with zero attached hydrogens (tertiary/aromatic N) is 1. The first-order valence-electron chi connectivity index (χ1n) is 11.5. The second kappa shape index (κ2) is 11.5. The van der Waals surface area contributed by atoms with E-state index < -0.39 is 24.1 Å². The molecule has 1 saturated carbocycles. The molecule has 174 valence electrons. The van der Waals surface area contributed by atoms with Crippen molar-refractivity contribution in [1.82, 2.24) is 16.0 Å². The lowest BCUT2D eigenvalue weighted by molar-refractivity contribution is -0.140. The van der Waals surface area contributed by atoms with Crippen LogP contribution in [-0.4, -0.2) is 48.6 Å². The van der Waals surface area contributed by atoms with E-state index in [4.69, 9.17) is 4.74 Å². The molecule has 1 unspecified atom stereocenters. The first-order chi connectivity index (χ1) is 14.6. The Balaban J connectivity index is 1.97. The van der Waals surface area contributed by atoms with Gasteiger partial charge in [-0.2, -0.15) is 5.26 Å². The average Bonchev–Trinajstić information content (AvgIpc) is 3.11. The quantitative estimate of drug-likeness (QED) is 0.514. The fourth-order valence-corrected chi connectivity index (χ4v) is 4.23. The van der Waals surface area contributed by atoms with Crippen LogP contribution in [0.1, 0.15) is 79.1 Å². The minimum Gasteiger partial charge on any atom is -0.365 e. The molecule has 1 saturated heterocycles. The summed E-state index contributed by atoms with van der Waals surface area (Å²) >= 11 is 0. The van der Waals surface area contributed by atoms with Gasteiger partial charge in [-0.05, 0) is 44.4 Å². The van der Waals surface area contributed by atoms with Gasteiger partial charge in [0.2, 0.25) is 17.7 Å². The summed E-state index contributed by atoms with van der Waals surface area (Å²) in [5.74, 6) is -1.08. The highest BCUT2D eigenvalue weighted by Crippen LogP contribution is 2.23. The monoisotopic (exact) mass is 434 g/mol. The number of hydrogen-bond acceptors (Lipinski definition) is 5. The average molecular weight is 435 g/mol. The fourth-order valence-electron chi connectivity index (χ4n) is 4.23. The summed E-state index contributed by atoms with van der Waals surface area (Å²) < 4.78 is 5.93. The van der Waals surface area contributed by atoms with E-state index in [0.717, 1.165) is 25.7 Å². The predicted octanol–water partition coefficient (Wildman–Crippen LogP) is 2.18. The summed E-state index contributed by atoms with van der Waals surface area (Å²) in [5, 5.41) is 17.8. The van der Waals surface area contributed by atoms with Crippen LogP contribution in [0.5, 0.6) is 0 Å². The van der Waals surface area contributed by atoms with Crippen molar-refractivity contribution >= 4 is 17.7 Å². The summed E-state index contributed by atoms with van der Waals surface area (Å²) in [6.45, 7) is 8.29. The lowest BCUT2D eigenvalue weighted by Crippen LogP contribution is -2.53. The number of carbonyl (C=O) groups excluding carboxylic acids is 3. The van der Waals surface area contributed by atoms with Crippen LogP contribution in [-0.2, 0) is 19.1 Å². The Bertz CT molecular complexity index is 676. The lowest BCUT2D eigenvalue weighted by Gasteiger charge is -2.29. The van der Waals surface area contributed by atoms with Crippen molar-refractivity contribution in [2.45, 2.75) is 103 Å². The van der Waals surface area contributed by atoms with Gasteiger partial charge in [-0.15, -0.1) is 0 Å². The largest absolute Gasteiger partial charge is 0.365 e. The second-order valence-corrected chi connectivity index (χ2v) is 10.1.